The molecule has 12 heteroatoms. The zero-order valence-corrected chi connectivity index (χ0v) is 27.7. The Balaban J connectivity index is 1.18. The highest BCUT2D eigenvalue weighted by atomic mass is 19.4. The second-order valence-corrected chi connectivity index (χ2v) is 13.2. The summed E-state index contributed by atoms with van der Waals surface area (Å²) in [5.41, 5.74) is 3.94. The van der Waals surface area contributed by atoms with E-state index in [-0.39, 0.29) is 23.7 Å². The molecule has 6 rings (SSSR count). The summed E-state index contributed by atoms with van der Waals surface area (Å²) in [6, 6.07) is 12.3. The fourth-order valence-electron chi connectivity index (χ4n) is 6.93. The van der Waals surface area contributed by atoms with Gasteiger partial charge in [-0.05, 0) is 69.2 Å². The highest BCUT2D eigenvalue weighted by molar-refractivity contribution is 5.71. The lowest BCUT2D eigenvalue weighted by Gasteiger charge is -2.43. The predicted molar refractivity (Wildman–Crippen MR) is 182 cm³/mol. The maximum absolute atomic E-state index is 14.1. The summed E-state index contributed by atoms with van der Waals surface area (Å²) < 4.78 is 48.2. The molecule has 3 N–H and O–H groups in total. The Morgan fingerprint density at radius 3 is 2.51 bits per heavy atom. The van der Waals surface area contributed by atoms with E-state index in [2.05, 4.69) is 54.2 Å². The second kappa shape index (κ2) is 13.2. The number of halogens is 3. The van der Waals surface area contributed by atoms with Gasteiger partial charge in [0.1, 0.15) is 17.1 Å². The summed E-state index contributed by atoms with van der Waals surface area (Å²) in [5, 5.41) is 9.36. The summed E-state index contributed by atoms with van der Waals surface area (Å²) in [5.74, 6) is 0.331. The summed E-state index contributed by atoms with van der Waals surface area (Å²) in [6.07, 6.45) is -1.38. The van der Waals surface area contributed by atoms with Gasteiger partial charge >= 0.3 is 6.18 Å². The molecule has 252 valence electrons. The van der Waals surface area contributed by atoms with Gasteiger partial charge in [-0.3, -0.25) is 4.90 Å². The van der Waals surface area contributed by atoms with Gasteiger partial charge in [-0.2, -0.15) is 18.2 Å². The van der Waals surface area contributed by atoms with E-state index in [4.69, 9.17) is 4.74 Å². The molecular formula is C35H45F3N8O. The summed E-state index contributed by atoms with van der Waals surface area (Å²) in [7, 11) is 2.19. The molecule has 0 unspecified atom stereocenters. The number of piperazine rings is 1. The van der Waals surface area contributed by atoms with Gasteiger partial charge in [-0.25, -0.2) is 4.98 Å². The maximum Gasteiger partial charge on any atom is 0.421 e. The molecule has 2 aromatic carbocycles. The topological polar surface area (TPSA) is 80.8 Å². The molecule has 2 fully saturated rings. The number of hydrogen-bond donors (Lipinski definition) is 3. The Hall–Kier alpha value is -4.03. The van der Waals surface area contributed by atoms with Crippen LogP contribution in [0.5, 0.6) is 5.75 Å². The zero-order chi connectivity index (χ0) is 33.3. The Labute approximate surface area is 275 Å². The molecule has 1 aromatic heterocycles. The second-order valence-electron chi connectivity index (χ2n) is 13.2. The third kappa shape index (κ3) is 6.99. The maximum atomic E-state index is 14.1. The minimum atomic E-state index is -4.63. The molecule has 0 atom stereocenters. The average molecular weight is 651 g/mol. The number of rotatable bonds is 9. The van der Waals surface area contributed by atoms with Crippen LogP contribution >= 0.6 is 0 Å². The molecule has 0 spiro atoms. The molecule has 2 saturated heterocycles. The van der Waals surface area contributed by atoms with Crippen molar-refractivity contribution in [3.05, 3.63) is 71.6 Å². The van der Waals surface area contributed by atoms with Crippen molar-refractivity contribution in [1.29, 1.82) is 0 Å². The number of likely N-dealkylation sites (tertiary alicyclic amines) is 1. The first-order valence-electron chi connectivity index (χ1n) is 16.4. The molecule has 9 nitrogen and oxygen atoms in total. The van der Waals surface area contributed by atoms with Gasteiger partial charge in [0.05, 0.1) is 12.3 Å². The largest absolute Gasteiger partial charge is 0.492 e. The van der Waals surface area contributed by atoms with Gasteiger partial charge < -0.3 is 30.5 Å². The standard InChI is InChI=1S/C35H45F3N8O/c1-6-47-30-20-26(46-18-16-45(17-19-46)25-12-14-44(5)15-13-25)10-11-28(30)42-33-40-22-27(35(36,37)38)32(43-33)39-21-24-8-7-9-29-31(24)34(3,4)23(2)41-29/h7-11,20,22,25,41H,2,6,12-19,21H2,1,3-5H3,(H2,39,40,42,43). The van der Waals surface area contributed by atoms with Crippen LogP contribution in [0.4, 0.5) is 42.0 Å². The first-order valence-corrected chi connectivity index (χ1v) is 16.4. The number of benzene rings is 2. The van der Waals surface area contributed by atoms with Crippen LogP contribution in [0, 0.1) is 0 Å². The van der Waals surface area contributed by atoms with Crippen LogP contribution in [-0.2, 0) is 18.1 Å². The number of alkyl halides is 3. The molecule has 0 saturated carbocycles. The van der Waals surface area contributed by atoms with Crippen molar-refractivity contribution < 1.29 is 17.9 Å². The van der Waals surface area contributed by atoms with Crippen LogP contribution in [0.2, 0.25) is 0 Å². The molecule has 0 bridgehead atoms. The SMILES string of the molecule is C=C1Nc2cccc(CNc3nc(Nc4ccc(N5CCN(C6CCN(C)CC6)CC5)cc4OCC)ncc3C(F)(F)F)c2C1(C)C. The number of ether oxygens (including phenoxy) is 1. The monoisotopic (exact) mass is 650 g/mol. The van der Waals surface area contributed by atoms with Gasteiger partial charge in [0, 0.05) is 73.5 Å². The van der Waals surface area contributed by atoms with E-state index in [1.54, 1.807) is 0 Å². The Morgan fingerprint density at radius 2 is 1.81 bits per heavy atom. The van der Waals surface area contributed by atoms with Crippen LogP contribution in [-0.4, -0.2) is 78.7 Å². The normalized spacial score (nSPS) is 19.0. The van der Waals surface area contributed by atoms with Crippen molar-refractivity contribution in [1.82, 2.24) is 19.8 Å². The average Bonchev–Trinajstić information content (AvgIpc) is 3.28. The quantitative estimate of drug-likeness (QED) is 0.235. The Morgan fingerprint density at radius 1 is 1.06 bits per heavy atom. The summed E-state index contributed by atoms with van der Waals surface area (Å²) in [4.78, 5) is 15.7. The lowest BCUT2D eigenvalue weighted by molar-refractivity contribution is -0.137. The van der Waals surface area contributed by atoms with Crippen LogP contribution in [0.25, 0.3) is 0 Å². The van der Waals surface area contributed by atoms with Crippen LogP contribution < -0.4 is 25.6 Å². The Bertz CT molecular complexity index is 1590. The minimum absolute atomic E-state index is 0.0367. The Kier molecular flexibility index (Phi) is 9.26. The van der Waals surface area contributed by atoms with E-state index in [1.165, 1.54) is 12.8 Å². The molecule has 3 aliphatic rings. The molecule has 47 heavy (non-hydrogen) atoms. The number of fused-ring (bicyclic) bond motifs is 1. The molecule has 3 aromatic rings. The van der Waals surface area contributed by atoms with Gasteiger partial charge in [-0.1, -0.05) is 32.6 Å². The van der Waals surface area contributed by atoms with E-state index >= 15 is 0 Å². The number of piperidine rings is 1. The van der Waals surface area contributed by atoms with Crippen LogP contribution in [0.3, 0.4) is 0 Å². The van der Waals surface area contributed by atoms with Gasteiger partial charge in [-0.15, -0.1) is 0 Å². The number of anilines is 5. The number of nitrogens with zero attached hydrogens (tertiary/aromatic N) is 5. The number of hydrogen-bond acceptors (Lipinski definition) is 9. The highest BCUT2D eigenvalue weighted by Gasteiger charge is 2.37. The molecule has 0 radical (unpaired) electrons. The smallest absolute Gasteiger partial charge is 0.421 e. The van der Waals surface area contributed by atoms with Crippen molar-refractivity contribution >= 4 is 28.8 Å². The van der Waals surface area contributed by atoms with Gasteiger partial charge in [0.15, 0.2) is 0 Å². The third-order valence-electron chi connectivity index (χ3n) is 9.75. The van der Waals surface area contributed by atoms with Crippen molar-refractivity contribution in [3.63, 3.8) is 0 Å². The van der Waals surface area contributed by atoms with Gasteiger partial charge in [0.25, 0.3) is 0 Å². The van der Waals surface area contributed by atoms with E-state index in [9.17, 15) is 13.2 Å². The lowest BCUT2D eigenvalue weighted by Crippen LogP contribution is -2.53. The fourth-order valence-corrected chi connectivity index (χ4v) is 6.93. The van der Waals surface area contributed by atoms with Crippen LogP contribution in [0.1, 0.15) is 50.3 Å². The predicted octanol–water partition coefficient (Wildman–Crippen LogP) is 6.68. The molecule has 4 heterocycles. The van der Waals surface area contributed by atoms with Crippen molar-refractivity contribution in [2.24, 2.45) is 0 Å². The van der Waals surface area contributed by atoms with E-state index in [1.807, 2.05) is 57.2 Å². The van der Waals surface area contributed by atoms with Crippen LogP contribution in [0.15, 0.2) is 54.9 Å². The lowest BCUT2D eigenvalue weighted by atomic mass is 9.81. The minimum Gasteiger partial charge on any atom is -0.492 e. The van der Waals surface area contributed by atoms with Gasteiger partial charge in [0.2, 0.25) is 5.95 Å². The van der Waals surface area contributed by atoms with Crippen molar-refractivity contribution in [3.8, 4) is 5.75 Å². The molecule has 0 amide bonds. The summed E-state index contributed by atoms with van der Waals surface area (Å²) in [6.45, 7) is 16.9. The molecular weight excluding hydrogens is 605 g/mol. The van der Waals surface area contributed by atoms with Crippen molar-refractivity contribution in [2.75, 3.05) is 73.8 Å². The molecule has 3 aliphatic heterocycles. The van der Waals surface area contributed by atoms with Crippen molar-refractivity contribution in [2.45, 2.75) is 57.8 Å². The first kappa shape index (κ1) is 32.9. The van der Waals surface area contributed by atoms with E-state index < -0.39 is 11.7 Å². The fraction of sp³-hybridized carbons (Fsp3) is 0.486. The molecule has 0 aliphatic carbocycles. The van der Waals surface area contributed by atoms with E-state index in [0.29, 0.717) is 24.1 Å². The third-order valence-corrected chi connectivity index (χ3v) is 9.75. The highest BCUT2D eigenvalue weighted by Crippen LogP contribution is 2.45. The summed E-state index contributed by atoms with van der Waals surface area (Å²) >= 11 is 0. The zero-order valence-electron chi connectivity index (χ0n) is 27.7. The first-order chi connectivity index (χ1) is 22.4. The van der Waals surface area contributed by atoms with E-state index in [0.717, 1.165) is 73.7 Å². The number of nitrogens with one attached hydrogen (secondary N) is 3. The number of allylic oxidation sites excluding steroid dienone is 1. The number of aromatic nitrogens is 2.